The Balaban J connectivity index is 0. The second-order valence-electron chi connectivity index (χ2n) is 7.56. The minimum atomic E-state index is -0.182. The molecule has 0 bridgehead atoms. The molecule has 0 amide bonds. The number of hydrogen-bond acceptors (Lipinski definition) is 1. The molecule has 0 saturated heterocycles. The highest BCUT2D eigenvalue weighted by Gasteiger charge is 2.06. The summed E-state index contributed by atoms with van der Waals surface area (Å²) in [6.45, 7) is 19.8. The summed E-state index contributed by atoms with van der Waals surface area (Å²) in [6.07, 6.45) is 17.6. The molecular formula is C29H48FN. The number of nitrogens with one attached hydrogen (secondary N) is 1. The summed E-state index contributed by atoms with van der Waals surface area (Å²) in [5.41, 5.74) is 4.61. The van der Waals surface area contributed by atoms with Gasteiger partial charge < -0.3 is 5.32 Å². The van der Waals surface area contributed by atoms with E-state index < -0.39 is 0 Å². The molecule has 0 aromatic heterocycles. The van der Waals surface area contributed by atoms with Gasteiger partial charge in [-0.1, -0.05) is 83.4 Å². The van der Waals surface area contributed by atoms with Gasteiger partial charge >= 0.3 is 0 Å². The van der Waals surface area contributed by atoms with Crippen LogP contribution >= 0.6 is 0 Å². The molecule has 0 spiro atoms. The molecule has 1 unspecified atom stereocenters. The molecule has 1 aliphatic heterocycles. The number of halogens is 1. The predicted molar refractivity (Wildman–Crippen MR) is 141 cm³/mol. The Morgan fingerprint density at radius 2 is 1.87 bits per heavy atom. The monoisotopic (exact) mass is 429 g/mol. The lowest BCUT2D eigenvalue weighted by Gasteiger charge is -2.14. The van der Waals surface area contributed by atoms with Crippen molar-refractivity contribution in [2.45, 2.75) is 88.0 Å². The van der Waals surface area contributed by atoms with Crippen LogP contribution in [-0.2, 0) is 0 Å². The first-order valence-corrected chi connectivity index (χ1v) is 12.0. The molecule has 2 rings (SSSR count). The summed E-state index contributed by atoms with van der Waals surface area (Å²) < 4.78 is 12.9. The lowest BCUT2D eigenvalue weighted by atomic mass is 9.98. The zero-order valence-corrected chi connectivity index (χ0v) is 21.7. The maximum Gasteiger partial charge on any atom is 0.123 e. The minimum Gasteiger partial charge on any atom is -0.381 e. The smallest absolute Gasteiger partial charge is 0.123 e. The quantitative estimate of drug-likeness (QED) is 0.444. The van der Waals surface area contributed by atoms with Crippen LogP contribution in [0.2, 0.25) is 0 Å². The zero-order valence-electron chi connectivity index (χ0n) is 21.7. The highest BCUT2D eigenvalue weighted by molar-refractivity contribution is 5.69. The van der Waals surface area contributed by atoms with E-state index in [0.717, 1.165) is 35.7 Å². The van der Waals surface area contributed by atoms with Crippen LogP contribution in [0.15, 0.2) is 60.2 Å². The maximum atomic E-state index is 12.9. The topological polar surface area (TPSA) is 12.0 Å². The molecule has 0 saturated carbocycles. The Hall–Kier alpha value is -2.09. The van der Waals surface area contributed by atoms with E-state index in [2.05, 4.69) is 58.2 Å². The first-order chi connectivity index (χ1) is 14.9. The Morgan fingerprint density at radius 1 is 1.19 bits per heavy atom. The predicted octanol–water partition coefficient (Wildman–Crippen LogP) is 9.41. The van der Waals surface area contributed by atoms with Gasteiger partial charge in [-0.15, -0.1) is 0 Å². The van der Waals surface area contributed by atoms with Crippen LogP contribution < -0.4 is 5.32 Å². The molecule has 176 valence electrons. The number of benzene rings is 1. The van der Waals surface area contributed by atoms with Gasteiger partial charge in [-0.2, -0.15) is 0 Å². The van der Waals surface area contributed by atoms with Gasteiger partial charge in [-0.25, -0.2) is 4.39 Å². The Labute approximate surface area is 193 Å². The second-order valence-corrected chi connectivity index (χ2v) is 7.56. The summed E-state index contributed by atoms with van der Waals surface area (Å²) in [5.74, 6) is 0.694. The highest BCUT2D eigenvalue weighted by atomic mass is 19.1. The van der Waals surface area contributed by atoms with Crippen LogP contribution in [0.3, 0.4) is 0 Å². The van der Waals surface area contributed by atoms with Crippen molar-refractivity contribution in [2.75, 3.05) is 6.54 Å². The number of hydrogen-bond donors (Lipinski definition) is 1. The Morgan fingerprint density at radius 3 is 2.29 bits per heavy atom. The molecule has 1 aromatic rings. The summed E-state index contributed by atoms with van der Waals surface area (Å²) in [4.78, 5) is 0. The standard InChI is InChI=1S/C12H12FN.C10H20.C5H10.C2H6/c1-9-8-10(13)5-6-11(9)12-4-2-3-7-14-12;1-5-7-10(4)8-9(3)6-2;1-3-5-4-2;1-2/h2-6,8,14H,7H2,1H3;6,10H,5,7-8H2,1-4H3;3,5H,4H2,1-2H3;1-2H3/b;9-6-;;. The van der Waals surface area contributed by atoms with Crippen molar-refractivity contribution >= 4 is 5.70 Å². The van der Waals surface area contributed by atoms with Crippen molar-refractivity contribution in [3.8, 4) is 0 Å². The van der Waals surface area contributed by atoms with E-state index in [1.54, 1.807) is 6.07 Å². The molecule has 0 radical (unpaired) electrons. The van der Waals surface area contributed by atoms with Gasteiger partial charge in [-0.05, 0) is 76.3 Å². The molecule has 1 aromatic carbocycles. The second kappa shape index (κ2) is 21.2. The van der Waals surface area contributed by atoms with Gasteiger partial charge in [0.05, 0.1) is 0 Å². The van der Waals surface area contributed by atoms with Gasteiger partial charge in [0.1, 0.15) is 5.82 Å². The molecule has 1 N–H and O–H groups in total. The third kappa shape index (κ3) is 16.3. The average Bonchev–Trinajstić information content (AvgIpc) is 2.77. The van der Waals surface area contributed by atoms with Crippen molar-refractivity contribution < 1.29 is 4.39 Å². The van der Waals surface area contributed by atoms with Gasteiger partial charge in [0.25, 0.3) is 0 Å². The molecule has 1 heterocycles. The first-order valence-electron chi connectivity index (χ1n) is 12.0. The van der Waals surface area contributed by atoms with E-state index in [1.165, 1.54) is 30.9 Å². The van der Waals surface area contributed by atoms with Crippen molar-refractivity contribution in [1.82, 2.24) is 5.32 Å². The van der Waals surface area contributed by atoms with Crippen molar-refractivity contribution in [2.24, 2.45) is 5.92 Å². The van der Waals surface area contributed by atoms with Crippen LogP contribution in [0.25, 0.3) is 5.70 Å². The molecule has 31 heavy (non-hydrogen) atoms. The largest absolute Gasteiger partial charge is 0.381 e. The SMILES string of the molecule is C/C=C(/C)CC(C)CCC.CC.CC=CCC.Cc1cc(F)ccc1C1=CC=CCN1. The lowest BCUT2D eigenvalue weighted by Crippen LogP contribution is -2.15. The van der Waals surface area contributed by atoms with Gasteiger partial charge in [0, 0.05) is 17.8 Å². The fourth-order valence-corrected chi connectivity index (χ4v) is 3.07. The van der Waals surface area contributed by atoms with E-state index in [9.17, 15) is 4.39 Å². The fourth-order valence-electron chi connectivity index (χ4n) is 3.07. The Kier molecular flexibility index (Phi) is 21.2. The van der Waals surface area contributed by atoms with Crippen LogP contribution in [-0.4, -0.2) is 6.54 Å². The van der Waals surface area contributed by atoms with Gasteiger partial charge in [0.15, 0.2) is 0 Å². The molecule has 0 aliphatic carbocycles. The summed E-state index contributed by atoms with van der Waals surface area (Å²) in [5, 5.41) is 3.25. The van der Waals surface area contributed by atoms with Crippen molar-refractivity contribution in [3.05, 3.63) is 77.2 Å². The third-order valence-electron chi connectivity index (χ3n) is 4.70. The summed E-state index contributed by atoms with van der Waals surface area (Å²) >= 11 is 0. The average molecular weight is 430 g/mol. The van der Waals surface area contributed by atoms with E-state index in [4.69, 9.17) is 0 Å². The molecule has 2 heteroatoms. The van der Waals surface area contributed by atoms with E-state index in [1.807, 2.05) is 52.0 Å². The molecule has 1 aliphatic rings. The first kappa shape index (κ1) is 31.1. The zero-order chi connectivity index (χ0) is 24.1. The molecule has 1 atom stereocenters. The normalized spacial score (nSPS) is 13.5. The van der Waals surface area contributed by atoms with Crippen molar-refractivity contribution in [1.29, 1.82) is 0 Å². The minimum absolute atomic E-state index is 0.182. The Bertz CT molecular complexity index is 680. The third-order valence-corrected chi connectivity index (χ3v) is 4.70. The van der Waals surface area contributed by atoms with Crippen LogP contribution in [0.1, 0.15) is 92.2 Å². The molecule has 0 fully saturated rings. The van der Waals surface area contributed by atoms with Crippen LogP contribution in [0.4, 0.5) is 4.39 Å². The number of rotatable bonds is 6. The maximum absolute atomic E-state index is 12.9. The van der Waals surface area contributed by atoms with Gasteiger partial charge in [0.2, 0.25) is 0 Å². The number of allylic oxidation sites excluding steroid dienone is 6. The number of aryl methyl sites for hydroxylation is 1. The van der Waals surface area contributed by atoms with Crippen LogP contribution in [0.5, 0.6) is 0 Å². The number of dihydropyridines is 1. The van der Waals surface area contributed by atoms with Gasteiger partial charge in [-0.3, -0.25) is 0 Å². The van der Waals surface area contributed by atoms with Crippen molar-refractivity contribution in [3.63, 3.8) is 0 Å². The highest BCUT2D eigenvalue weighted by Crippen LogP contribution is 2.19. The summed E-state index contributed by atoms with van der Waals surface area (Å²) in [7, 11) is 0. The van der Waals surface area contributed by atoms with E-state index >= 15 is 0 Å². The van der Waals surface area contributed by atoms with E-state index in [0.29, 0.717) is 0 Å². The lowest BCUT2D eigenvalue weighted by molar-refractivity contribution is 0.520. The molecule has 1 nitrogen and oxygen atoms in total. The van der Waals surface area contributed by atoms with Crippen LogP contribution in [0, 0.1) is 18.7 Å². The fraction of sp³-hybridized carbons (Fsp3) is 0.517. The molecular weight excluding hydrogens is 381 g/mol. The van der Waals surface area contributed by atoms with E-state index in [-0.39, 0.29) is 5.82 Å². The summed E-state index contributed by atoms with van der Waals surface area (Å²) in [6, 6.07) is 4.85.